The van der Waals surface area contributed by atoms with Gasteiger partial charge in [-0.1, -0.05) is 11.8 Å². The highest BCUT2D eigenvalue weighted by atomic mass is 32.2. The molecule has 0 bridgehead atoms. The molecule has 2 atom stereocenters. The van der Waals surface area contributed by atoms with Crippen molar-refractivity contribution in [3.8, 4) is 0 Å². The minimum atomic E-state index is -0.637. The van der Waals surface area contributed by atoms with E-state index in [9.17, 15) is 19.7 Å². The van der Waals surface area contributed by atoms with Gasteiger partial charge in [0, 0.05) is 31.0 Å². The number of ether oxygens (including phenoxy) is 2. The summed E-state index contributed by atoms with van der Waals surface area (Å²) in [6, 6.07) is 5.42. The van der Waals surface area contributed by atoms with E-state index in [0.717, 1.165) is 12.8 Å². The number of nitrogens with zero attached hydrogens (tertiary/aromatic N) is 3. The highest BCUT2D eigenvalue weighted by molar-refractivity contribution is 8.16. The minimum absolute atomic E-state index is 0.0360. The van der Waals surface area contributed by atoms with Crippen LogP contribution in [0.15, 0.2) is 51.6 Å². The Labute approximate surface area is 207 Å². The second-order valence-electron chi connectivity index (χ2n) is 8.81. The van der Waals surface area contributed by atoms with Gasteiger partial charge in [0.15, 0.2) is 5.17 Å². The first-order valence-corrected chi connectivity index (χ1v) is 12.4. The van der Waals surface area contributed by atoms with E-state index in [1.54, 1.807) is 32.9 Å². The number of aliphatic imine (C=N–C) groups is 1. The summed E-state index contributed by atoms with van der Waals surface area (Å²) in [6.45, 7) is 6.44. The van der Waals surface area contributed by atoms with Gasteiger partial charge in [-0.3, -0.25) is 14.9 Å². The fraction of sp³-hybridized carbons (Fsp3) is 0.458. The quantitative estimate of drug-likeness (QED) is 0.325. The number of amidine groups is 1. The highest BCUT2D eigenvalue weighted by Crippen LogP contribution is 2.45. The van der Waals surface area contributed by atoms with Gasteiger partial charge in [0.25, 0.3) is 5.69 Å². The van der Waals surface area contributed by atoms with E-state index in [1.165, 1.54) is 23.9 Å². The van der Waals surface area contributed by atoms with Crippen LogP contribution < -0.4 is 5.32 Å². The molecule has 1 aromatic carbocycles. The Morgan fingerprint density at radius 1 is 1.34 bits per heavy atom. The summed E-state index contributed by atoms with van der Waals surface area (Å²) in [7, 11) is 0. The van der Waals surface area contributed by atoms with Crippen molar-refractivity contribution in [2.75, 3.05) is 13.2 Å². The molecule has 10 nitrogen and oxygen atoms in total. The van der Waals surface area contributed by atoms with E-state index < -0.39 is 16.9 Å². The van der Waals surface area contributed by atoms with Crippen LogP contribution >= 0.6 is 11.8 Å². The lowest BCUT2D eigenvalue weighted by Gasteiger charge is -2.36. The number of rotatable bonds is 8. The van der Waals surface area contributed by atoms with E-state index >= 15 is 0 Å². The zero-order chi connectivity index (χ0) is 25.1. The van der Waals surface area contributed by atoms with Crippen LogP contribution in [0.5, 0.6) is 0 Å². The third-order valence-electron chi connectivity index (χ3n) is 5.88. The van der Waals surface area contributed by atoms with Gasteiger partial charge >= 0.3 is 5.97 Å². The van der Waals surface area contributed by atoms with Crippen molar-refractivity contribution >= 4 is 34.5 Å². The Balaban J connectivity index is 1.63. The summed E-state index contributed by atoms with van der Waals surface area (Å²) in [4.78, 5) is 43.1. The molecule has 186 valence electrons. The molecule has 0 radical (unpaired) electrons. The van der Waals surface area contributed by atoms with Gasteiger partial charge in [-0.25, -0.2) is 9.79 Å². The number of benzene rings is 1. The van der Waals surface area contributed by atoms with Crippen molar-refractivity contribution in [2.45, 2.75) is 58.3 Å². The topological polar surface area (TPSA) is 123 Å². The summed E-state index contributed by atoms with van der Waals surface area (Å²) in [6.07, 6.45) is 1.71. The molecule has 35 heavy (non-hydrogen) atoms. The first-order valence-electron chi connectivity index (χ1n) is 11.5. The van der Waals surface area contributed by atoms with Crippen molar-refractivity contribution in [3.05, 3.63) is 62.3 Å². The van der Waals surface area contributed by atoms with Gasteiger partial charge < -0.3 is 19.7 Å². The van der Waals surface area contributed by atoms with E-state index in [1.807, 2.05) is 10.3 Å². The maximum Gasteiger partial charge on any atom is 0.338 e. The molecule has 3 heterocycles. The van der Waals surface area contributed by atoms with Gasteiger partial charge in [-0.2, -0.15) is 0 Å². The molecular weight excluding hydrogens is 472 g/mol. The highest BCUT2D eigenvalue weighted by Gasteiger charge is 2.41. The number of carbonyl (C=O) groups is 2. The Morgan fingerprint density at radius 3 is 2.71 bits per heavy atom. The first-order chi connectivity index (χ1) is 16.7. The number of non-ortho nitro benzene ring substituents is 1. The molecule has 0 aromatic heterocycles. The predicted molar refractivity (Wildman–Crippen MR) is 131 cm³/mol. The maximum absolute atomic E-state index is 13.1. The number of carbonyl (C=O) groups excluding carboxylic acids is 2. The fourth-order valence-corrected chi connectivity index (χ4v) is 5.23. The van der Waals surface area contributed by atoms with E-state index in [-0.39, 0.29) is 30.2 Å². The summed E-state index contributed by atoms with van der Waals surface area (Å²) < 4.78 is 11.1. The molecule has 1 N–H and O–H groups in total. The van der Waals surface area contributed by atoms with Gasteiger partial charge in [0.2, 0.25) is 5.91 Å². The molecule has 1 amide bonds. The van der Waals surface area contributed by atoms with Crippen LogP contribution in [0.2, 0.25) is 0 Å². The van der Waals surface area contributed by atoms with Crippen LogP contribution in [0.3, 0.4) is 0 Å². The summed E-state index contributed by atoms with van der Waals surface area (Å²) in [5.74, 6) is -0.670. The van der Waals surface area contributed by atoms with Crippen LogP contribution in [0.4, 0.5) is 5.69 Å². The number of nitro groups is 1. The van der Waals surface area contributed by atoms with Crippen molar-refractivity contribution in [1.82, 2.24) is 10.2 Å². The number of hydrogen-bond acceptors (Lipinski definition) is 9. The van der Waals surface area contributed by atoms with Crippen LogP contribution in [-0.2, 0) is 19.1 Å². The van der Waals surface area contributed by atoms with Crippen LogP contribution in [0, 0.1) is 10.1 Å². The minimum Gasteiger partial charge on any atom is -0.459 e. The number of fused-ring (bicyclic) bond motifs is 1. The number of nitro benzene ring substituents is 1. The average Bonchev–Trinajstić information content (AvgIpc) is 3.46. The molecule has 11 heteroatoms. The second-order valence-corrected chi connectivity index (χ2v) is 9.65. The van der Waals surface area contributed by atoms with Crippen molar-refractivity contribution in [3.63, 3.8) is 0 Å². The van der Waals surface area contributed by atoms with Crippen LogP contribution in [0.25, 0.3) is 0 Å². The number of nitrogens with one attached hydrogen (secondary N) is 1. The van der Waals surface area contributed by atoms with E-state index in [0.29, 0.717) is 40.8 Å². The number of amides is 1. The zero-order valence-electron chi connectivity index (χ0n) is 19.9. The molecule has 0 aliphatic carbocycles. The van der Waals surface area contributed by atoms with E-state index in [4.69, 9.17) is 9.47 Å². The Kier molecular flexibility index (Phi) is 7.56. The third kappa shape index (κ3) is 5.57. The second kappa shape index (κ2) is 10.6. The lowest BCUT2D eigenvalue weighted by atomic mass is 9.93. The predicted octanol–water partition coefficient (Wildman–Crippen LogP) is 3.81. The Morgan fingerprint density at radius 2 is 2.09 bits per heavy atom. The summed E-state index contributed by atoms with van der Waals surface area (Å²) in [5, 5.41) is 16.6. The molecule has 3 aliphatic rings. The monoisotopic (exact) mass is 500 g/mol. The van der Waals surface area contributed by atoms with Crippen LogP contribution in [-0.4, -0.2) is 52.2 Å². The first kappa shape index (κ1) is 24.9. The number of thioether (sulfide) groups is 1. The molecule has 1 fully saturated rings. The van der Waals surface area contributed by atoms with Gasteiger partial charge in [0.1, 0.15) is 0 Å². The molecular formula is C24H28N4O6S. The zero-order valence-corrected chi connectivity index (χ0v) is 20.7. The molecule has 4 rings (SSSR count). The van der Waals surface area contributed by atoms with Gasteiger partial charge in [-0.05, 0) is 56.7 Å². The molecule has 3 aliphatic heterocycles. The summed E-state index contributed by atoms with van der Waals surface area (Å²) in [5.41, 5.74) is 2.14. The Hall–Kier alpha value is -3.18. The molecule has 0 spiro atoms. The largest absolute Gasteiger partial charge is 0.459 e. The SMILES string of the molecule is CC1=C(C(=O)OC(C)C)[C@@H](c2ccc([N+](=O)[O-])cc2)N2C(CC(=O)NC[C@@H]3CCCO3)=CSC2=N1. The van der Waals surface area contributed by atoms with Crippen molar-refractivity contribution < 1.29 is 24.0 Å². The normalized spacial score (nSPS) is 21.5. The standard InChI is InChI=1S/C24H28N4O6S/c1-14(2)34-23(30)21-15(3)26-24-27(22(21)16-6-8-17(9-7-16)28(31)32)18(13-35-24)11-20(29)25-12-19-5-4-10-33-19/h6-9,13-14,19,22H,4-5,10-12H2,1-3H3,(H,25,29)/t19-,22+/m0/s1. The lowest BCUT2D eigenvalue weighted by molar-refractivity contribution is -0.384. The molecule has 0 unspecified atom stereocenters. The van der Waals surface area contributed by atoms with E-state index in [2.05, 4.69) is 10.3 Å². The van der Waals surface area contributed by atoms with Gasteiger partial charge in [-0.15, -0.1) is 0 Å². The van der Waals surface area contributed by atoms with Gasteiger partial charge in [0.05, 0.1) is 40.9 Å². The lowest BCUT2D eigenvalue weighted by Crippen LogP contribution is -2.39. The van der Waals surface area contributed by atoms with Crippen LogP contribution in [0.1, 0.15) is 51.6 Å². The molecule has 1 saturated heterocycles. The number of esters is 1. The smallest absolute Gasteiger partial charge is 0.338 e. The van der Waals surface area contributed by atoms with Crippen molar-refractivity contribution in [2.24, 2.45) is 4.99 Å². The average molecular weight is 501 g/mol. The maximum atomic E-state index is 13.1. The summed E-state index contributed by atoms with van der Waals surface area (Å²) >= 11 is 1.37. The molecule has 1 aromatic rings. The Bertz CT molecular complexity index is 1110. The fourth-order valence-electron chi connectivity index (χ4n) is 4.26. The number of allylic oxidation sites excluding steroid dienone is 1. The third-order valence-corrected chi connectivity index (χ3v) is 6.76. The molecule has 0 saturated carbocycles. The number of hydrogen-bond donors (Lipinski definition) is 1. The van der Waals surface area contributed by atoms with Crippen molar-refractivity contribution in [1.29, 1.82) is 0 Å².